The number of pyridine rings is 1. The van der Waals surface area contributed by atoms with Crippen LogP contribution in [0.2, 0.25) is 0 Å². The zero-order valence-electron chi connectivity index (χ0n) is 15.9. The Labute approximate surface area is 163 Å². The van der Waals surface area contributed by atoms with Crippen LogP contribution in [0.3, 0.4) is 0 Å². The molecule has 0 bridgehead atoms. The van der Waals surface area contributed by atoms with Crippen molar-refractivity contribution in [1.82, 2.24) is 29.4 Å². The molecular formula is C21H24N6O. The Morgan fingerprint density at radius 3 is 2.93 bits per heavy atom. The highest BCUT2D eigenvalue weighted by Gasteiger charge is 2.27. The maximum atomic E-state index is 12.4. The second kappa shape index (κ2) is 7.31. The zero-order chi connectivity index (χ0) is 18.9. The molecule has 0 N–H and O–H groups in total. The summed E-state index contributed by atoms with van der Waals surface area (Å²) in [7, 11) is 0. The summed E-state index contributed by atoms with van der Waals surface area (Å²) in [6, 6.07) is 9.78. The highest BCUT2D eigenvalue weighted by molar-refractivity contribution is 5.56. The van der Waals surface area contributed by atoms with Gasteiger partial charge in [-0.1, -0.05) is 0 Å². The number of hydrogen-bond donors (Lipinski definition) is 0. The fourth-order valence-electron chi connectivity index (χ4n) is 4.36. The second-order valence-corrected chi connectivity index (χ2v) is 7.70. The third-order valence-corrected chi connectivity index (χ3v) is 5.79. The van der Waals surface area contributed by atoms with Gasteiger partial charge in [0.25, 0.3) is 5.56 Å². The molecule has 144 valence electrons. The summed E-state index contributed by atoms with van der Waals surface area (Å²) >= 11 is 0. The van der Waals surface area contributed by atoms with Crippen molar-refractivity contribution in [3.05, 3.63) is 64.5 Å². The van der Waals surface area contributed by atoms with Crippen molar-refractivity contribution in [2.24, 2.45) is 0 Å². The normalized spacial score (nSPS) is 19.2. The van der Waals surface area contributed by atoms with Gasteiger partial charge in [0, 0.05) is 48.8 Å². The Hall–Kier alpha value is -2.80. The Morgan fingerprint density at radius 2 is 2.07 bits per heavy atom. The number of hydrogen-bond acceptors (Lipinski definition) is 5. The lowest BCUT2D eigenvalue weighted by Gasteiger charge is -2.24. The van der Waals surface area contributed by atoms with E-state index in [1.807, 2.05) is 12.1 Å². The van der Waals surface area contributed by atoms with Crippen molar-refractivity contribution in [2.45, 2.75) is 51.4 Å². The SMILES string of the molecule is O=c1ccc(-c2cccnc2)nn1CC1CCCN1Cc1cc2n(n1)CCC2. The summed E-state index contributed by atoms with van der Waals surface area (Å²) in [5, 5.41) is 9.36. The molecule has 0 aromatic carbocycles. The molecule has 7 heteroatoms. The molecule has 5 rings (SSSR count). The Bertz CT molecular complexity index is 1000. The van der Waals surface area contributed by atoms with E-state index in [2.05, 4.69) is 25.7 Å². The Kier molecular flexibility index (Phi) is 4.52. The van der Waals surface area contributed by atoms with Gasteiger partial charge in [-0.3, -0.25) is 19.4 Å². The first-order valence-corrected chi connectivity index (χ1v) is 10.0. The van der Waals surface area contributed by atoms with Gasteiger partial charge >= 0.3 is 0 Å². The van der Waals surface area contributed by atoms with Gasteiger partial charge in [0.1, 0.15) is 0 Å². The summed E-state index contributed by atoms with van der Waals surface area (Å²) in [5.41, 5.74) is 4.15. The number of aryl methyl sites for hydroxylation is 2. The van der Waals surface area contributed by atoms with Crippen LogP contribution < -0.4 is 5.56 Å². The maximum absolute atomic E-state index is 12.4. The van der Waals surface area contributed by atoms with Crippen molar-refractivity contribution in [1.29, 1.82) is 0 Å². The van der Waals surface area contributed by atoms with Crippen LogP contribution >= 0.6 is 0 Å². The van der Waals surface area contributed by atoms with E-state index in [1.165, 1.54) is 12.1 Å². The fraction of sp³-hybridized carbons (Fsp3) is 0.429. The molecule has 0 aliphatic carbocycles. The zero-order valence-corrected chi connectivity index (χ0v) is 15.9. The first-order chi connectivity index (χ1) is 13.8. The number of likely N-dealkylation sites (tertiary alicyclic amines) is 1. The van der Waals surface area contributed by atoms with E-state index in [1.54, 1.807) is 29.2 Å². The monoisotopic (exact) mass is 376 g/mol. The average Bonchev–Trinajstić information content (AvgIpc) is 3.42. The van der Waals surface area contributed by atoms with Crippen molar-refractivity contribution in [2.75, 3.05) is 6.54 Å². The third kappa shape index (κ3) is 3.38. The largest absolute Gasteiger partial charge is 0.293 e. The lowest BCUT2D eigenvalue weighted by molar-refractivity contribution is 0.214. The molecule has 2 aliphatic heterocycles. The van der Waals surface area contributed by atoms with Crippen molar-refractivity contribution < 1.29 is 0 Å². The molecular weight excluding hydrogens is 352 g/mol. The molecule has 2 aliphatic rings. The lowest BCUT2D eigenvalue weighted by atomic mass is 10.2. The van der Waals surface area contributed by atoms with Crippen LogP contribution in [0, 0.1) is 0 Å². The van der Waals surface area contributed by atoms with Crippen molar-refractivity contribution in [3.8, 4) is 11.3 Å². The summed E-state index contributed by atoms with van der Waals surface area (Å²) in [5.74, 6) is 0. The predicted molar refractivity (Wildman–Crippen MR) is 106 cm³/mol. The van der Waals surface area contributed by atoms with E-state index in [4.69, 9.17) is 5.10 Å². The van der Waals surface area contributed by atoms with Gasteiger partial charge in [-0.2, -0.15) is 10.2 Å². The molecule has 0 radical (unpaired) electrons. The maximum Gasteiger partial charge on any atom is 0.266 e. The smallest absolute Gasteiger partial charge is 0.266 e. The van der Waals surface area contributed by atoms with Crippen LogP contribution in [0.4, 0.5) is 0 Å². The fourth-order valence-corrected chi connectivity index (χ4v) is 4.36. The molecule has 1 unspecified atom stereocenters. The van der Waals surface area contributed by atoms with Crippen molar-refractivity contribution in [3.63, 3.8) is 0 Å². The van der Waals surface area contributed by atoms with Crippen molar-refractivity contribution >= 4 is 0 Å². The minimum Gasteiger partial charge on any atom is -0.293 e. The highest BCUT2D eigenvalue weighted by Crippen LogP contribution is 2.23. The van der Waals surface area contributed by atoms with Crippen LogP contribution in [0.1, 0.15) is 30.7 Å². The van der Waals surface area contributed by atoms with Gasteiger partial charge < -0.3 is 0 Å². The van der Waals surface area contributed by atoms with E-state index in [0.717, 1.165) is 55.8 Å². The van der Waals surface area contributed by atoms with E-state index >= 15 is 0 Å². The highest BCUT2D eigenvalue weighted by atomic mass is 16.1. The molecule has 28 heavy (non-hydrogen) atoms. The predicted octanol–water partition coefficient (Wildman–Crippen LogP) is 2.11. The van der Waals surface area contributed by atoms with Gasteiger partial charge in [-0.25, -0.2) is 4.68 Å². The standard InChI is InChI=1S/C21H24N6O/c28-21-8-7-20(16-4-1-9-22-13-16)24-27(21)15-19-6-2-10-25(19)14-17-12-18-5-3-11-26(18)23-17/h1,4,7-9,12-13,19H,2-3,5-6,10-11,14-15H2. The minimum absolute atomic E-state index is 0.0551. The molecule has 1 fully saturated rings. The molecule has 0 saturated carbocycles. The summed E-state index contributed by atoms with van der Waals surface area (Å²) in [6.07, 6.45) is 8.08. The van der Waals surface area contributed by atoms with Gasteiger partial charge in [-0.15, -0.1) is 0 Å². The average molecular weight is 376 g/mol. The number of aromatic nitrogens is 5. The molecule has 0 spiro atoms. The van der Waals surface area contributed by atoms with E-state index in [0.29, 0.717) is 12.6 Å². The second-order valence-electron chi connectivity index (χ2n) is 7.70. The number of rotatable bonds is 5. The molecule has 1 saturated heterocycles. The van der Waals surface area contributed by atoms with E-state index < -0.39 is 0 Å². The van der Waals surface area contributed by atoms with Crippen LogP contribution in [-0.2, 0) is 26.1 Å². The van der Waals surface area contributed by atoms with Gasteiger partial charge in [0.15, 0.2) is 0 Å². The topological polar surface area (TPSA) is 68.8 Å². The van der Waals surface area contributed by atoms with Crippen LogP contribution in [-0.4, -0.2) is 42.0 Å². The van der Waals surface area contributed by atoms with Gasteiger partial charge in [0.05, 0.1) is 17.9 Å². The molecule has 7 nitrogen and oxygen atoms in total. The van der Waals surface area contributed by atoms with Crippen LogP contribution in [0.25, 0.3) is 11.3 Å². The first-order valence-electron chi connectivity index (χ1n) is 10.0. The summed E-state index contributed by atoms with van der Waals surface area (Å²) < 4.78 is 3.75. The van der Waals surface area contributed by atoms with Gasteiger partial charge in [-0.05, 0) is 56.5 Å². The Balaban J connectivity index is 1.34. The van der Waals surface area contributed by atoms with E-state index in [-0.39, 0.29) is 5.56 Å². The van der Waals surface area contributed by atoms with Gasteiger partial charge in [0.2, 0.25) is 0 Å². The molecule has 3 aromatic heterocycles. The number of nitrogens with zero attached hydrogens (tertiary/aromatic N) is 6. The molecule has 5 heterocycles. The number of fused-ring (bicyclic) bond motifs is 1. The Morgan fingerprint density at radius 1 is 1.11 bits per heavy atom. The summed E-state index contributed by atoms with van der Waals surface area (Å²) in [6.45, 7) is 3.55. The quantitative estimate of drug-likeness (QED) is 0.682. The molecule has 3 aromatic rings. The minimum atomic E-state index is -0.0551. The summed E-state index contributed by atoms with van der Waals surface area (Å²) in [4.78, 5) is 19.0. The first kappa shape index (κ1) is 17.3. The van der Waals surface area contributed by atoms with Crippen LogP contribution in [0.15, 0.2) is 47.5 Å². The van der Waals surface area contributed by atoms with Crippen LogP contribution in [0.5, 0.6) is 0 Å². The van der Waals surface area contributed by atoms with E-state index in [9.17, 15) is 4.79 Å². The third-order valence-electron chi connectivity index (χ3n) is 5.79. The lowest BCUT2D eigenvalue weighted by Crippen LogP contribution is -2.36. The molecule has 1 atom stereocenters. The molecule has 0 amide bonds.